The molecular formula is C13H13N2O2+. The molecule has 0 saturated heterocycles. The highest BCUT2D eigenvalue weighted by molar-refractivity contribution is 5.87. The molecule has 0 unspecified atom stereocenters. The fourth-order valence-corrected chi connectivity index (χ4v) is 1.46. The van der Waals surface area contributed by atoms with Crippen molar-refractivity contribution in [1.82, 2.24) is 0 Å². The fraction of sp³-hybridized carbons (Fsp3) is 0.0769. The maximum absolute atomic E-state index is 12.0. The minimum absolute atomic E-state index is 0.104. The predicted octanol–water partition coefficient (Wildman–Crippen LogP) is 1.25. The molecule has 2 rings (SSSR count). The topological polar surface area (TPSA) is 56.2 Å². The highest BCUT2D eigenvalue weighted by Gasteiger charge is 2.16. The lowest BCUT2D eigenvalue weighted by molar-refractivity contribution is -0.570. The van der Waals surface area contributed by atoms with Crippen LogP contribution in [-0.2, 0) is 0 Å². The molecule has 0 aliphatic carbocycles. The zero-order chi connectivity index (χ0) is 12.3. The largest absolute Gasteiger partial charge is 0.497 e. The van der Waals surface area contributed by atoms with Gasteiger partial charge in [0.1, 0.15) is 5.75 Å². The van der Waals surface area contributed by atoms with Crippen LogP contribution in [0.3, 0.4) is 0 Å². The van der Waals surface area contributed by atoms with E-state index >= 15 is 0 Å². The Morgan fingerprint density at radius 1 is 1.12 bits per heavy atom. The van der Waals surface area contributed by atoms with Crippen LogP contribution in [0.2, 0.25) is 0 Å². The van der Waals surface area contributed by atoms with Crippen LogP contribution >= 0.6 is 0 Å². The van der Waals surface area contributed by atoms with Gasteiger partial charge in [-0.15, -0.1) is 4.57 Å². The molecule has 17 heavy (non-hydrogen) atoms. The quantitative estimate of drug-likeness (QED) is 0.788. The number of anilines is 1. The molecule has 0 bridgehead atoms. The highest BCUT2D eigenvalue weighted by Crippen LogP contribution is 2.11. The fourth-order valence-electron chi connectivity index (χ4n) is 1.46. The first-order chi connectivity index (χ1) is 8.20. The first kappa shape index (κ1) is 11.1. The Morgan fingerprint density at radius 2 is 1.71 bits per heavy atom. The van der Waals surface area contributed by atoms with E-state index in [1.807, 2.05) is 0 Å². The SMILES string of the molecule is COc1ccc(C(=O)[n+]2ccc(N)cc2)cc1. The lowest BCUT2D eigenvalue weighted by Gasteiger charge is -1.99. The van der Waals surface area contributed by atoms with Gasteiger partial charge in [0, 0.05) is 17.8 Å². The third-order valence-corrected chi connectivity index (χ3v) is 2.43. The minimum Gasteiger partial charge on any atom is -0.497 e. The molecule has 0 aliphatic rings. The van der Waals surface area contributed by atoms with Crippen LogP contribution in [0.4, 0.5) is 5.69 Å². The number of pyridine rings is 1. The van der Waals surface area contributed by atoms with Crippen molar-refractivity contribution in [2.24, 2.45) is 0 Å². The third-order valence-electron chi connectivity index (χ3n) is 2.43. The second kappa shape index (κ2) is 4.65. The molecule has 86 valence electrons. The molecule has 2 N–H and O–H groups in total. The second-order valence-corrected chi connectivity index (χ2v) is 3.57. The van der Waals surface area contributed by atoms with Crippen molar-refractivity contribution in [2.75, 3.05) is 12.8 Å². The molecule has 0 radical (unpaired) electrons. The second-order valence-electron chi connectivity index (χ2n) is 3.57. The smallest absolute Gasteiger partial charge is 0.424 e. The van der Waals surface area contributed by atoms with E-state index in [-0.39, 0.29) is 5.91 Å². The van der Waals surface area contributed by atoms with Crippen molar-refractivity contribution < 1.29 is 14.1 Å². The van der Waals surface area contributed by atoms with Gasteiger partial charge in [-0.2, -0.15) is 0 Å². The van der Waals surface area contributed by atoms with Gasteiger partial charge in [0.25, 0.3) is 0 Å². The summed E-state index contributed by atoms with van der Waals surface area (Å²) in [6.45, 7) is 0. The van der Waals surface area contributed by atoms with Gasteiger partial charge < -0.3 is 10.5 Å². The number of nitrogen functional groups attached to an aromatic ring is 1. The number of nitrogens with zero attached hydrogens (tertiary/aromatic N) is 1. The van der Waals surface area contributed by atoms with Crippen molar-refractivity contribution in [1.29, 1.82) is 0 Å². The molecule has 4 heteroatoms. The van der Waals surface area contributed by atoms with E-state index < -0.39 is 0 Å². The van der Waals surface area contributed by atoms with Crippen molar-refractivity contribution in [2.45, 2.75) is 0 Å². The number of hydrogen-bond acceptors (Lipinski definition) is 3. The Balaban J connectivity index is 2.27. The van der Waals surface area contributed by atoms with Gasteiger partial charge >= 0.3 is 5.91 Å². The van der Waals surface area contributed by atoms with Crippen LogP contribution in [0.15, 0.2) is 48.8 Å². The zero-order valence-corrected chi connectivity index (χ0v) is 9.46. The standard InChI is InChI=1S/C13H12N2O2/c1-17-12-4-2-10(3-5-12)13(16)15-8-6-11(14)7-9-15/h2-9,14H,1H3/p+1. The number of ether oxygens (including phenoxy) is 1. The first-order valence-electron chi connectivity index (χ1n) is 5.16. The normalized spacial score (nSPS) is 9.94. The summed E-state index contributed by atoms with van der Waals surface area (Å²) >= 11 is 0. The van der Waals surface area contributed by atoms with Gasteiger partial charge in [-0.1, -0.05) is 0 Å². The van der Waals surface area contributed by atoms with E-state index in [0.717, 1.165) is 5.75 Å². The maximum Gasteiger partial charge on any atom is 0.424 e. The summed E-state index contributed by atoms with van der Waals surface area (Å²) < 4.78 is 6.52. The number of aromatic nitrogens is 1. The average molecular weight is 229 g/mol. The van der Waals surface area contributed by atoms with Gasteiger partial charge in [-0.05, 0) is 24.3 Å². The average Bonchev–Trinajstić information content (AvgIpc) is 2.39. The molecule has 0 amide bonds. The lowest BCUT2D eigenvalue weighted by atomic mass is 10.2. The molecule has 1 heterocycles. The number of carbonyl (C=O) groups is 1. The number of methoxy groups -OCH3 is 1. The van der Waals surface area contributed by atoms with E-state index in [1.54, 1.807) is 55.9 Å². The highest BCUT2D eigenvalue weighted by atomic mass is 16.5. The number of rotatable bonds is 2. The molecule has 0 fully saturated rings. The molecular weight excluding hydrogens is 216 g/mol. The van der Waals surface area contributed by atoms with Crippen LogP contribution in [0.25, 0.3) is 0 Å². The summed E-state index contributed by atoms with van der Waals surface area (Å²) in [7, 11) is 1.59. The first-order valence-corrected chi connectivity index (χ1v) is 5.16. The van der Waals surface area contributed by atoms with E-state index in [0.29, 0.717) is 11.3 Å². The van der Waals surface area contributed by atoms with Crippen molar-refractivity contribution in [3.63, 3.8) is 0 Å². The van der Waals surface area contributed by atoms with Crippen molar-refractivity contribution in [3.05, 3.63) is 54.4 Å². The number of benzene rings is 1. The van der Waals surface area contributed by atoms with E-state index in [1.165, 1.54) is 4.57 Å². The number of carbonyl (C=O) groups excluding carboxylic acids is 1. The van der Waals surface area contributed by atoms with E-state index in [9.17, 15) is 4.79 Å². The predicted molar refractivity (Wildman–Crippen MR) is 63.8 cm³/mol. The summed E-state index contributed by atoms with van der Waals surface area (Å²) in [5.41, 5.74) is 6.79. The Bertz CT molecular complexity index is 518. The molecule has 0 aliphatic heterocycles. The van der Waals surface area contributed by atoms with Crippen molar-refractivity contribution >= 4 is 11.6 Å². The molecule has 4 nitrogen and oxygen atoms in total. The minimum atomic E-state index is -0.104. The summed E-state index contributed by atoms with van der Waals surface area (Å²) in [6.07, 6.45) is 3.28. The molecule has 0 atom stereocenters. The third kappa shape index (κ3) is 2.42. The van der Waals surface area contributed by atoms with Gasteiger partial charge in [0.05, 0.1) is 12.7 Å². The molecule has 1 aromatic carbocycles. The number of nitrogens with two attached hydrogens (primary N) is 1. The molecule has 2 aromatic rings. The van der Waals surface area contributed by atoms with E-state index in [2.05, 4.69) is 0 Å². The van der Waals surface area contributed by atoms with Gasteiger partial charge in [0.2, 0.25) is 0 Å². The summed E-state index contributed by atoms with van der Waals surface area (Å²) in [4.78, 5) is 12.0. The molecule has 1 aromatic heterocycles. The summed E-state index contributed by atoms with van der Waals surface area (Å²) in [5, 5.41) is 0. The van der Waals surface area contributed by atoms with Crippen LogP contribution in [0, 0.1) is 0 Å². The monoisotopic (exact) mass is 229 g/mol. The van der Waals surface area contributed by atoms with Gasteiger partial charge in [-0.25, -0.2) is 4.79 Å². The Labute approximate surface area is 99.3 Å². The van der Waals surface area contributed by atoms with E-state index in [4.69, 9.17) is 10.5 Å². The zero-order valence-electron chi connectivity index (χ0n) is 9.46. The Morgan fingerprint density at radius 3 is 2.24 bits per heavy atom. The van der Waals surface area contributed by atoms with Crippen molar-refractivity contribution in [3.8, 4) is 5.75 Å². The Hall–Kier alpha value is -2.36. The molecule has 0 spiro atoms. The van der Waals surface area contributed by atoms with Gasteiger partial charge in [0.15, 0.2) is 12.4 Å². The summed E-state index contributed by atoms with van der Waals surface area (Å²) in [5.74, 6) is 0.622. The lowest BCUT2D eigenvalue weighted by Crippen LogP contribution is -2.41. The summed E-state index contributed by atoms with van der Waals surface area (Å²) in [6, 6.07) is 10.3. The van der Waals surface area contributed by atoms with Crippen LogP contribution in [-0.4, -0.2) is 13.0 Å². The molecule has 0 saturated carbocycles. The van der Waals surface area contributed by atoms with Crippen LogP contribution < -0.4 is 15.0 Å². The number of hydrogen-bond donors (Lipinski definition) is 1. The maximum atomic E-state index is 12.0. The van der Waals surface area contributed by atoms with Crippen LogP contribution in [0.1, 0.15) is 10.4 Å². The van der Waals surface area contributed by atoms with Crippen LogP contribution in [0.5, 0.6) is 5.75 Å². The Kier molecular flexibility index (Phi) is 3.05. The van der Waals surface area contributed by atoms with Gasteiger partial charge in [-0.3, -0.25) is 0 Å².